The Kier molecular flexibility index (Phi) is 5.74. The second-order valence-electron chi connectivity index (χ2n) is 7.20. The maximum atomic E-state index is 4.38. The number of aromatic nitrogens is 3. The minimum atomic E-state index is -1.81. The molecule has 4 rings (SSSR count). The Bertz CT molecular complexity index is 989. The third-order valence-electron chi connectivity index (χ3n) is 4.97. The summed E-state index contributed by atoms with van der Waals surface area (Å²) in [7, 11) is -1.81. The van der Waals surface area contributed by atoms with Crippen LogP contribution < -0.4 is 5.19 Å². The molecule has 28 heavy (non-hydrogen) atoms. The first-order valence-corrected chi connectivity index (χ1v) is 13.3. The fraction of sp³-hybridized carbons (Fsp3) is 0.130. The molecule has 3 aromatic carbocycles. The Hall–Kier alpha value is -2.63. The van der Waals surface area contributed by atoms with Crippen molar-refractivity contribution in [2.45, 2.75) is 17.6 Å². The van der Waals surface area contributed by atoms with Crippen LogP contribution in [0.2, 0.25) is 6.55 Å². The molecule has 0 fully saturated rings. The molecule has 5 heteroatoms. The average molecular weight is 402 g/mol. The van der Waals surface area contributed by atoms with Gasteiger partial charge in [-0.1, -0.05) is 84.5 Å². The number of hydrogen-bond acceptors (Lipinski definition) is 3. The summed E-state index contributed by atoms with van der Waals surface area (Å²) in [5, 5.41) is 6.93. The monoisotopic (exact) mass is 401 g/mol. The Morgan fingerprint density at radius 1 is 0.821 bits per heavy atom. The summed E-state index contributed by atoms with van der Waals surface area (Å²) < 4.78 is 1.99. The smallest absolute Gasteiger partial charge is 0.137 e. The zero-order chi connectivity index (χ0) is 19.2. The van der Waals surface area contributed by atoms with Crippen LogP contribution in [0.1, 0.15) is 0 Å². The number of nitrogens with zero attached hydrogens (tertiary/aromatic N) is 3. The van der Waals surface area contributed by atoms with Crippen molar-refractivity contribution in [3.05, 3.63) is 97.6 Å². The van der Waals surface area contributed by atoms with Gasteiger partial charge in [-0.3, -0.25) is 4.68 Å². The summed E-state index contributed by atoms with van der Waals surface area (Å²) in [6.45, 7) is 2.45. The Morgan fingerprint density at radius 3 is 2.11 bits per heavy atom. The molecule has 0 radical (unpaired) electrons. The molecule has 0 aliphatic rings. The van der Waals surface area contributed by atoms with Gasteiger partial charge in [0.2, 0.25) is 0 Å². The second-order valence-corrected chi connectivity index (χ2v) is 13.1. The first-order valence-electron chi connectivity index (χ1n) is 9.39. The predicted molar refractivity (Wildman–Crippen MR) is 120 cm³/mol. The zero-order valence-electron chi connectivity index (χ0n) is 15.9. The van der Waals surface area contributed by atoms with Crippen molar-refractivity contribution >= 4 is 25.0 Å². The van der Waals surface area contributed by atoms with E-state index in [1.165, 1.54) is 21.2 Å². The fourth-order valence-electron chi connectivity index (χ4n) is 3.35. The zero-order valence-corrected chi connectivity index (χ0v) is 17.7. The molecule has 1 heterocycles. The number of hydrogen-bond donors (Lipinski definition) is 0. The number of thioether (sulfide) groups is 1. The van der Waals surface area contributed by atoms with Gasteiger partial charge in [-0.05, 0) is 28.6 Å². The van der Waals surface area contributed by atoms with Gasteiger partial charge in [0.05, 0.1) is 0 Å². The van der Waals surface area contributed by atoms with Crippen LogP contribution in [0, 0.1) is 0 Å². The summed E-state index contributed by atoms with van der Waals surface area (Å²) >= 11 is 1.94. The maximum Gasteiger partial charge on any atom is 0.137 e. The molecule has 1 aromatic heterocycles. The van der Waals surface area contributed by atoms with Crippen LogP contribution >= 0.6 is 11.8 Å². The van der Waals surface area contributed by atoms with E-state index in [0.717, 1.165) is 11.5 Å². The second kappa shape index (κ2) is 8.58. The number of benzene rings is 3. The van der Waals surface area contributed by atoms with Crippen LogP contribution in [0.4, 0.5) is 0 Å². The molecule has 0 aliphatic heterocycles. The molecule has 0 aliphatic carbocycles. The van der Waals surface area contributed by atoms with E-state index in [9.17, 15) is 0 Å². The molecular weight excluding hydrogens is 378 g/mol. The van der Waals surface area contributed by atoms with Crippen molar-refractivity contribution < 1.29 is 0 Å². The SMILES string of the molecule is C[Si](CSc1ccccc1)(Cn1cncn1)c1ccc(-c2ccccc2)cc1. The third-order valence-corrected chi connectivity index (χ3v) is 11.4. The highest BCUT2D eigenvalue weighted by Crippen LogP contribution is 2.24. The van der Waals surface area contributed by atoms with E-state index in [1.807, 2.05) is 22.8 Å². The van der Waals surface area contributed by atoms with Gasteiger partial charge in [0, 0.05) is 11.1 Å². The summed E-state index contributed by atoms with van der Waals surface area (Å²) in [5.41, 5.74) is 2.52. The van der Waals surface area contributed by atoms with E-state index in [1.54, 1.807) is 6.33 Å². The average Bonchev–Trinajstić information content (AvgIpc) is 3.27. The molecule has 0 spiro atoms. The van der Waals surface area contributed by atoms with Crippen molar-refractivity contribution in [1.82, 2.24) is 14.8 Å². The molecular formula is C23H23N3SSi. The van der Waals surface area contributed by atoms with Crippen molar-refractivity contribution in [1.29, 1.82) is 0 Å². The van der Waals surface area contributed by atoms with E-state index < -0.39 is 8.07 Å². The van der Waals surface area contributed by atoms with E-state index in [0.29, 0.717) is 0 Å². The fourth-order valence-corrected chi connectivity index (χ4v) is 8.70. The van der Waals surface area contributed by atoms with Gasteiger partial charge in [0.15, 0.2) is 0 Å². The lowest BCUT2D eigenvalue weighted by Gasteiger charge is -2.28. The minimum absolute atomic E-state index is 0.928. The molecule has 0 saturated carbocycles. The Morgan fingerprint density at radius 2 is 1.46 bits per heavy atom. The molecule has 4 aromatic rings. The highest BCUT2D eigenvalue weighted by atomic mass is 32.2. The molecule has 1 unspecified atom stereocenters. The standard InChI is InChI=1S/C23H23N3SSi/c1-28(18-26-17-24-16-25-26,19-27-22-10-6-3-7-11-22)23-14-12-21(13-15-23)20-8-4-2-5-9-20/h2-17H,18-19H2,1H3. The Labute approximate surface area is 171 Å². The largest absolute Gasteiger partial charge is 0.255 e. The normalized spacial score (nSPS) is 13.2. The molecule has 0 bridgehead atoms. The highest BCUT2D eigenvalue weighted by Gasteiger charge is 2.31. The van der Waals surface area contributed by atoms with Gasteiger partial charge in [-0.25, -0.2) is 4.98 Å². The molecule has 1 atom stereocenters. The van der Waals surface area contributed by atoms with E-state index in [-0.39, 0.29) is 0 Å². The van der Waals surface area contributed by atoms with Gasteiger partial charge in [-0.2, -0.15) is 5.10 Å². The van der Waals surface area contributed by atoms with Crippen molar-refractivity contribution in [2.75, 3.05) is 5.38 Å². The quantitative estimate of drug-likeness (QED) is 0.329. The van der Waals surface area contributed by atoms with Crippen molar-refractivity contribution in [3.63, 3.8) is 0 Å². The lowest BCUT2D eigenvalue weighted by atomic mass is 10.1. The first-order chi connectivity index (χ1) is 13.7. The molecule has 3 nitrogen and oxygen atoms in total. The topological polar surface area (TPSA) is 30.7 Å². The first kappa shape index (κ1) is 18.7. The van der Waals surface area contributed by atoms with Crippen LogP contribution in [0.3, 0.4) is 0 Å². The van der Waals surface area contributed by atoms with Crippen LogP contribution in [-0.2, 0) is 6.17 Å². The lowest BCUT2D eigenvalue weighted by Crippen LogP contribution is -2.52. The highest BCUT2D eigenvalue weighted by molar-refractivity contribution is 8.01. The van der Waals surface area contributed by atoms with E-state index in [4.69, 9.17) is 0 Å². The van der Waals surface area contributed by atoms with Gasteiger partial charge in [0.1, 0.15) is 20.7 Å². The van der Waals surface area contributed by atoms with E-state index >= 15 is 0 Å². The van der Waals surface area contributed by atoms with Gasteiger partial charge < -0.3 is 0 Å². The van der Waals surface area contributed by atoms with Gasteiger partial charge in [-0.15, -0.1) is 11.8 Å². The van der Waals surface area contributed by atoms with Gasteiger partial charge >= 0.3 is 0 Å². The summed E-state index contributed by atoms with van der Waals surface area (Å²) in [4.78, 5) is 5.46. The molecule has 0 amide bonds. The predicted octanol–water partition coefficient (Wildman–Crippen LogP) is 4.80. The minimum Gasteiger partial charge on any atom is -0.255 e. The molecule has 0 N–H and O–H groups in total. The van der Waals surface area contributed by atoms with Crippen molar-refractivity contribution in [3.8, 4) is 11.1 Å². The maximum absolute atomic E-state index is 4.38. The van der Waals surface area contributed by atoms with Crippen LogP contribution in [-0.4, -0.2) is 28.2 Å². The third kappa shape index (κ3) is 4.43. The Balaban J connectivity index is 1.60. The van der Waals surface area contributed by atoms with E-state index in [2.05, 4.69) is 102 Å². The van der Waals surface area contributed by atoms with Crippen LogP contribution in [0.15, 0.2) is 102 Å². The van der Waals surface area contributed by atoms with Gasteiger partial charge in [0.25, 0.3) is 0 Å². The summed E-state index contributed by atoms with van der Waals surface area (Å²) in [6, 6.07) is 30.3. The van der Waals surface area contributed by atoms with Crippen LogP contribution in [0.25, 0.3) is 11.1 Å². The molecule has 0 saturated heterocycles. The van der Waals surface area contributed by atoms with Crippen LogP contribution in [0.5, 0.6) is 0 Å². The number of rotatable bonds is 7. The summed E-state index contributed by atoms with van der Waals surface area (Å²) in [5.74, 6) is 0. The molecule has 140 valence electrons. The summed E-state index contributed by atoms with van der Waals surface area (Å²) in [6.07, 6.45) is 4.38. The lowest BCUT2D eigenvalue weighted by molar-refractivity contribution is 0.725. The van der Waals surface area contributed by atoms with Crippen molar-refractivity contribution in [2.24, 2.45) is 0 Å².